The van der Waals surface area contributed by atoms with Crippen molar-refractivity contribution in [3.63, 3.8) is 0 Å². The number of hydrogen-bond donors (Lipinski definition) is 0. The maximum atomic E-state index is 12.7. The number of benzene rings is 1. The van der Waals surface area contributed by atoms with Gasteiger partial charge in [-0.2, -0.15) is 0 Å². The average molecular weight is 280 g/mol. The van der Waals surface area contributed by atoms with E-state index in [1.165, 1.54) is 6.26 Å². The fraction of sp³-hybridized carbons (Fsp3) is 0.625. The second-order valence-electron chi connectivity index (χ2n) is 6.55. The first-order chi connectivity index (χ1) is 8.73. The van der Waals surface area contributed by atoms with Crippen LogP contribution in [0.3, 0.4) is 0 Å². The first kappa shape index (κ1) is 14.6. The third-order valence-corrected chi connectivity index (χ3v) is 7.29. The van der Waals surface area contributed by atoms with E-state index in [-0.39, 0.29) is 11.3 Å². The Kier molecular flexibility index (Phi) is 3.54. The summed E-state index contributed by atoms with van der Waals surface area (Å²) in [4.78, 5) is 0. The summed E-state index contributed by atoms with van der Waals surface area (Å²) in [5.74, 6) is 0.147. The van der Waals surface area contributed by atoms with E-state index >= 15 is 0 Å². The van der Waals surface area contributed by atoms with Crippen molar-refractivity contribution in [1.82, 2.24) is 0 Å². The summed E-state index contributed by atoms with van der Waals surface area (Å²) in [6.45, 7) is 6.31. The molecule has 19 heavy (non-hydrogen) atoms. The van der Waals surface area contributed by atoms with Crippen molar-refractivity contribution in [1.29, 1.82) is 0 Å². The van der Waals surface area contributed by atoms with Gasteiger partial charge < -0.3 is 0 Å². The van der Waals surface area contributed by atoms with E-state index in [0.29, 0.717) is 0 Å². The first-order valence-corrected chi connectivity index (χ1v) is 8.88. The van der Waals surface area contributed by atoms with Crippen molar-refractivity contribution in [3.8, 4) is 0 Å². The van der Waals surface area contributed by atoms with Crippen LogP contribution in [0.25, 0.3) is 0 Å². The van der Waals surface area contributed by atoms with Gasteiger partial charge in [0.25, 0.3) is 0 Å². The SMILES string of the molecule is C[C@@H]1CCCC(C)(C)[C@@]1(c1ccccc1)S(C)(=O)=O. The number of hydrogen-bond acceptors (Lipinski definition) is 2. The third kappa shape index (κ3) is 2.03. The maximum Gasteiger partial charge on any atom is 0.158 e. The van der Waals surface area contributed by atoms with Gasteiger partial charge in [-0.25, -0.2) is 8.42 Å². The highest BCUT2D eigenvalue weighted by Crippen LogP contribution is 2.57. The Balaban J connectivity index is 2.78. The standard InChI is InChI=1S/C16H24O2S/c1-13-9-8-12-15(2,3)16(13,19(4,17)18)14-10-6-5-7-11-14/h5-7,10-11,13H,8-9,12H2,1-4H3/t13-,16-/m1/s1. The fourth-order valence-corrected chi connectivity index (χ4v) is 6.87. The average Bonchev–Trinajstić information content (AvgIpc) is 2.27. The molecule has 2 nitrogen and oxygen atoms in total. The van der Waals surface area contributed by atoms with Crippen molar-refractivity contribution in [2.24, 2.45) is 11.3 Å². The van der Waals surface area contributed by atoms with E-state index < -0.39 is 14.6 Å². The van der Waals surface area contributed by atoms with E-state index in [9.17, 15) is 8.42 Å². The molecule has 3 heteroatoms. The van der Waals surface area contributed by atoms with Gasteiger partial charge in [-0.3, -0.25) is 0 Å². The zero-order valence-corrected chi connectivity index (χ0v) is 13.1. The second kappa shape index (κ2) is 4.62. The zero-order chi connectivity index (χ0) is 14.3. The van der Waals surface area contributed by atoms with Crippen molar-refractivity contribution < 1.29 is 8.42 Å². The van der Waals surface area contributed by atoms with Crippen molar-refractivity contribution in [2.45, 2.75) is 44.8 Å². The van der Waals surface area contributed by atoms with E-state index in [1.807, 2.05) is 30.3 Å². The molecule has 2 atom stereocenters. The molecule has 1 aromatic carbocycles. The summed E-state index contributed by atoms with van der Waals surface area (Å²) in [6.07, 6.45) is 4.45. The summed E-state index contributed by atoms with van der Waals surface area (Å²) in [7, 11) is -3.20. The van der Waals surface area contributed by atoms with Gasteiger partial charge in [0.05, 0.1) is 0 Å². The lowest BCUT2D eigenvalue weighted by Crippen LogP contribution is -2.54. The van der Waals surface area contributed by atoms with Crippen LogP contribution < -0.4 is 0 Å². The van der Waals surface area contributed by atoms with E-state index in [0.717, 1.165) is 24.8 Å². The predicted molar refractivity (Wildman–Crippen MR) is 79.8 cm³/mol. The molecule has 1 aliphatic rings. The highest BCUT2D eigenvalue weighted by Gasteiger charge is 2.58. The van der Waals surface area contributed by atoms with Crippen LogP contribution in [0.2, 0.25) is 0 Å². The van der Waals surface area contributed by atoms with Crippen LogP contribution in [0.4, 0.5) is 0 Å². The highest BCUT2D eigenvalue weighted by atomic mass is 32.2. The molecule has 0 spiro atoms. The summed E-state index contributed by atoms with van der Waals surface area (Å²) >= 11 is 0. The van der Waals surface area contributed by atoms with Gasteiger partial charge in [-0.1, -0.05) is 57.5 Å². The third-order valence-electron chi connectivity index (χ3n) is 4.93. The van der Waals surface area contributed by atoms with E-state index in [4.69, 9.17) is 0 Å². The fourth-order valence-electron chi connectivity index (χ4n) is 4.35. The van der Waals surface area contributed by atoms with Crippen molar-refractivity contribution >= 4 is 9.84 Å². The minimum absolute atomic E-state index is 0.147. The van der Waals surface area contributed by atoms with Crippen molar-refractivity contribution in [2.75, 3.05) is 6.26 Å². The van der Waals surface area contributed by atoms with Crippen LogP contribution in [0, 0.1) is 11.3 Å². The molecule has 0 amide bonds. The first-order valence-electron chi connectivity index (χ1n) is 6.98. The molecule has 0 aromatic heterocycles. The molecular weight excluding hydrogens is 256 g/mol. The molecule has 0 heterocycles. The van der Waals surface area contributed by atoms with Gasteiger partial charge >= 0.3 is 0 Å². The van der Waals surface area contributed by atoms with Gasteiger partial charge in [-0.15, -0.1) is 0 Å². The predicted octanol–water partition coefficient (Wildman–Crippen LogP) is 3.77. The van der Waals surface area contributed by atoms with Crippen LogP contribution in [-0.4, -0.2) is 14.7 Å². The largest absolute Gasteiger partial charge is 0.228 e. The molecule has 1 saturated carbocycles. The summed E-state index contributed by atoms with van der Waals surface area (Å²) in [5, 5.41) is 0. The molecule has 0 aliphatic heterocycles. The van der Waals surface area contributed by atoms with E-state index in [2.05, 4.69) is 20.8 Å². The Morgan fingerprint density at radius 2 is 1.74 bits per heavy atom. The molecule has 0 saturated heterocycles. The van der Waals surface area contributed by atoms with Crippen LogP contribution in [-0.2, 0) is 14.6 Å². The number of sulfone groups is 1. The summed E-state index contributed by atoms with van der Waals surface area (Å²) < 4.78 is 24.7. The van der Waals surface area contributed by atoms with Gasteiger partial charge in [0, 0.05) is 6.26 Å². The lowest BCUT2D eigenvalue weighted by atomic mass is 9.61. The van der Waals surface area contributed by atoms with Crippen LogP contribution in [0.1, 0.15) is 45.6 Å². The molecule has 0 bridgehead atoms. The smallest absolute Gasteiger partial charge is 0.158 e. The van der Waals surface area contributed by atoms with Gasteiger partial charge in [0.2, 0.25) is 0 Å². The molecule has 0 unspecified atom stereocenters. The Bertz CT molecular complexity index is 545. The Morgan fingerprint density at radius 1 is 1.16 bits per heavy atom. The quantitative estimate of drug-likeness (QED) is 0.826. The molecule has 1 aromatic rings. The van der Waals surface area contributed by atoms with Gasteiger partial charge in [0.1, 0.15) is 4.75 Å². The minimum atomic E-state index is -3.20. The number of rotatable bonds is 2. The Hall–Kier alpha value is -0.830. The Labute approximate surface area is 117 Å². The van der Waals surface area contributed by atoms with E-state index in [1.54, 1.807) is 0 Å². The minimum Gasteiger partial charge on any atom is -0.228 e. The lowest BCUT2D eigenvalue weighted by molar-refractivity contribution is 0.108. The molecule has 0 radical (unpaired) electrons. The molecular formula is C16H24O2S. The van der Waals surface area contributed by atoms with Gasteiger partial charge in [0.15, 0.2) is 9.84 Å². The molecule has 2 rings (SSSR count). The monoisotopic (exact) mass is 280 g/mol. The Morgan fingerprint density at radius 3 is 2.21 bits per heavy atom. The normalized spacial score (nSPS) is 31.1. The molecule has 106 valence electrons. The van der Waals surface area contributed by atoms with Crippen LogP contribution in [0.15, 0.2) is 30.3 Å². The molecule has 1 fully saturated rings. The lowest BCUT2D eigenvalue weighted by Gasteiger charge is -2.53. The molecule has 0 N–H and O–H groups in total. The maximum absolute atomic E-state index is 12.7. The van der Waals surface area contributed by atoms with Gasteiger partial charge in [-0.05, 0) is 29.7 Å². The van der Waals surface area contributed by atoms with Crippen LogP contribution in [0.5, 0.6) is 0 Å². The summed E-state index contributed by atoms with van der Waals surface area (Å²) in [5.41, 5.74) is 0.717. The summed E-state index contributed by atoms with van der Waals surface area (Å²) in [6, 6.07) is 9.79. The van der Waals surface area contributed by atoms with Crippen molar-refractivity contribution in [3.05, 3.63) is 35.9 Å². The highest BCUT2D eigenvalue weighted by molar-refractivity contribution is 7.91. The molecule has 1 aliphatic carbocycles. The second-order valence-corrected chi connectivity index (χ2v) is 8.74. The topological polar surface area (TPSA) is 34.1 Å². The van der Waals surface area contributed by atoms with Crippen LogP contribution >= 0.6 is 0 Å². The zero-order valence-electron chi connectivity index (χ0n) is 12.3.